The fourth-order valence-corrected chi connectivity index (χ4v) is 1.66. The molecule has 2 N–H and O–H groups in total. The molecule has 0 atom stereocenters. The molecule has 0 spiro atoms. The van der Waals surface area contributed by atoms with E-state index in [1.54, 1.807) is 19.2 Å². The van der Waals surface area contributed by atoms with Gasteiger partial charge in [0, 0.05) is 30.7 Å². The molecule has 1 aromatic carbocycles. The lowest BCUT2D eigenvalue weighted by Crippen LogP contribution is -2.36. The van der Waals surface area contributed by atoms with E-state index in [1.165, 1.54) is 12.1 Å². The third-order valence-electron chi connectivity index (χ3n) is 2.32. The third-order valence-corrected chi connectivity index (χ3v) is 2.56. The maximum Gasteiger partial charge on any atom is 0.387 e. The van der Waals surface area contributed by atoms with Crippen LogP contribution in [0.3, 0.4) is 0 Å². The molecule has 0 aromatic heterocycles. The van der Waals surface area contributed by atoms with Crippen molar-refractivity contribution in [3.63, 3.8) is 0 Å². The highest BCUT2D eigenvalue weighted by Gasteiger charge is 2.10. The average molecular weight is 304 g/mol. The van der Waals surface area contributed by atoms with Gasteiger partial charge in [-0.15, -0.1) is 6.58 Å². The van der Waals surface area contributed by atoms with Gasteiger partial charge < -0.3 is 15.4 Å². The molecular formula is C13H16ClF2N3O. The van der Waals surface area contributed by atoms with Crippen LogP contribution >= 0.6 is 11.6 Å². The average Bonchev–Trinajstić information content (AvgIpc) is 2.41. The molecule has 0 unspecified atom stereocenters. The van der Waals surface area contributed by atoms with Crippen molar-refractivity contribution >= 4 is 17.6 Å². The van der Waals surface area contributed by atoms with Crippen molar-refractivity contribution in [2.24, 2.45) is 4.99 Å². The Kier molecular flexibility index (Phi) is 6.79. The van der Waals surface area contributed by atoms with Crippen LogP contribution in [-0.4, -0.2) is 26.2 Å². The van der Waals surface area contributed by atoms with E-state index in [2.05, 4.69) is 26.9 Å². The maximum absolute atomic E-state index is 12.3. The first kappa shape index (κ1) is 16.2. The lowest BCUT2D eigenvalue weighted by molar-refractivity contribution is -0.0504. The molecule has 7 heteroatoms. The first-order chi connectivity index (χ1) is 9.56. The lowest BCUT2D eigenvalue weighted by atomic mass is 10.2. The molecule has 4 nitrogen and oxygen atoms in total. The Labute approximate surface area is 121 Å². The van der Waals surface area contributed by atoms with Crippen molar-refractivity contribution in [3.05, 3.63) is 41.4 Å². The quantitative estimate of drug-likeness (QED) is 0.482. The van der Waals surface area contributed by atoms with Crippen LogP contribution in [0.4, 0.5) is 8.78 Å². The van der Waals surface area contributed by atoms with E-state index >= 15 is 0 Å². The highest BCUT2D eigenvalue weighted by molar-refractivity contribution is 6.30. The number of halogens is 3. The fourth-order valence-electron chi connectivity index (χ4n) is 1.47. The van der Waals surface area contributed by atoms with Crippen LogP contribution in [0.15, 0.2) is 35.8 Å². The molecule has 0 aliphatic carbocycles. The van der Waals surface area contributed by atoms with Crippen molar-refractivity contribution in [1.29, 1.82) is 0 Å². The van der Waals surface area contributed by atoms with E-state index in [-0.39, 0.29) is 12.3 Å². The summed E-state index contributed by atoms with van der Waals surface area (Å²) in [6, 6.07) is 4.46. The summed E-state index contributed by atoms with van der Waals surface area (Å²) in [4.78, 5) is 3.98. The second-order valence-electron chi connectivity index (χ2n) is 3.73. The van der Waals surface area contributed by atoms with Gasteiger partial charge in [-0.1, -0.05) is 17.7 Å². The van der Waals surface area contributed by atoms with Gasteiger partial charge in [0.25, 0.3) is 0 Å². The minimum atomic E-state index is -2.88. The minimum Gasteiger partial charge on any atom is -0.434 e. The summed E-state index contributed by atoms with van der Waals surface area (Å²) in [6.45, 7) is 1.48. The molecule has 0 heterocycles. The van der Waals surface area contributed by atoms with Crippen molar-refractivity contribution in [3.8, 4) is 5.75 Å². The number of aliphatic imine (C=N–C) groups is 1. The molecule has 20 heavy (non-hydrogen) atoms. The van der Waals surface area contributed by atoms with Gasteiger partial charge in [-0.05, 0) is 18.2 Å². The Morgan fingerprint density at radius 1 is 1.50 bits per heavy atom. The van der Waals surface area contributed by atoms with E-state index < -0.39 is 6.61 Å². The Morgan fingerprint density at radius 2 is 2.25 bits per heavy atom. The number of alkyl halides is 2. The van der Waals surface area contributed by atoms with Gasteiger partial charge in [0.15, 0.2) is 5.96 Å². The second kappa shape index (κ2) is 8.37. The second-order valence-corrected chi connectivity index (χ2v) is 4.16. The molecule has 0 radical (unpaired) electrons. The monoisotopic (exact) mass is 303 g/mol. The molecular weight excluding hydrogens is 288 g/mol. The van der Waals surface area contributed by atoms with Crippen molar-refractivity contribution in [2.75, 3.05) is 13.6 Å². The number of rotatable bonds is 6. The van der Waals surface area contributed by atoms with Gasteiger partial charge >= 0.3 is 6.61 Å². The number of guanidine groups is 1. The Bertz CT molecular complexity index is 481. The molecule has 0 saturated carbocycles. The zero-order chi connectivity index (χ0) is 15.0. The summed E-state index contributed by atoms with van der Waals surface area (Å²) in [5, 5.41) is 6.37. The van der Waals surface area contributed by atoms with E-state index in [4.69, 9.17) is 11.6 Å². The molecule has 0 bridgehead atoms. The largest absolute Gasteiger partial charge is 0.434 e. The molecule has 0 saturated heterocycles. The highest BCUT2D eigenvalue weighted by Crippen LogP contribution is 2.24. The summed E-state index contributed by atoms with van der Waals surface area (Å²) in [5.74, 6) is 0.601. The van der Waals surface area contributed by atoms with Gasteiger partial charge in [-0.2, -0.15) is 8.78 Å². The van der Waals surface area contributed by atoms with Crippen LogP contribution in [0.1, 0.15) is 5.56 Å². The van der Waals surface area contributed by atoms with E-state index in [0.717, 1.165) is 0 Å². The van der Waals surface area contributed by atoms with Gasteiger partial charge in [0.2, 0.25) is 0 Å². The van der Waals surface area contributed by atoms with Crippen LogP contribution in [0.25, 0.3) is 0 Å². The van der Waals surface area contributed by atoms with Gasteiger partial charge in [-0.3, -0.25) is 4.99 Å². The summed E-state index contributed by atoms with van der Waals surface area (Å²) in [7, 11) is 1.60. The molecule has 0 fully saturated rings. The predicted octanol–water partition coefficient (Wildman–Crippen LogP) is 2.79. The van der Waals surface area contributed by atoms with E-state index in [0.29, 0.717) is 23.1 Å². The van der Waals surface area contributed by atoms with Crippen molar-refractivity contribution in [2.45, 2.75) is 13.2 Å². The lowest BCUT2D eigenvalue weighted by Gasteiger charge is -2.14. The van der Waals surface area contributed by atoms with Crippen LogP contribution in [0.5, 0.6) is 5.75 Å². The summed E-state index contributed by atoms with van der Waals surface area (Å²) < 4.78 is 29.1. The van der Waals surface area contributed by atoms with Gasteiger partial charge in [0.1, 0.15) is 5.75 Å². The van der Waals surface area contributed by atoms with Crippen molar-refractivity contribution < 1.29 is 13.5 Å². The summed E-state index contributed by atoms with van der Waals surface area (Å²) >= 11 is 5.86. The summed E-state index contributed by atoms with van der Waals surface area (Å²) in [5.41, 5.74) is 0.513. The van der Waals surface area contributed by atoms with Gasteiger partial charge in [-0.25, -0.2) is 0 Å². The smallest absolute Gasteiger partial charge is 0.387 e. The molecule has 110 valence electrons. The molecule has 0 amide bonds. The topological polar surface area (TPSA) is 45.7 Å². The predicted molar refractivity (Wildman–Crippen MR) is 76.5 cm³/mol. The molecule has 0 aliphatic rings. The van der Waals surface area contributed by atoms with E-state index in [1.807, 2.05) is 0 Å². The Balaban J connectivity index is 2.74. The standard InChI is InChI=1S/C13H16ClF2N3O/c1-3-6-18-13(17-2)19-8-9-7-10(14)4-5-11(9)20-12(15)16/h3-5,7,12H,1,6,8H2,2H3,(H2,17,18,19). The Morgan fingerprint density at radius 3 is 2.85 bits per heavy atom. The van der Waals surface area contributed by atoms with E-state index in [9.17, 15) is 8.78 Å². The first-order valence-corrected chi connectivity index (χ1v) is 6.23. The van der Waals surface area contributed by atoms with Gasteiger partial charge in [0.05, 0.1) is 0 Å². The van der Waals surface area contributed by atoms with Crippen LogP contribution in [0.2, 0.25) is 5.02 Å². The normalized spacial score (nSPS) is 11.3. The molecule has 1 aromatic rings. The zero-order valence-electron chi connectivity index (χ0n) is 11.0. The number of ether oxygens (including phenoxy) is 1. The van der Waals surface area contributed by atoms with Crippen molar-refractivity contribution in [1.82, 2.24) is 10.6 Å². The fraction of sp³-hybridized carbons (Fsp3) is 0.308. The summed E-state index contributed by atoms with van der Waals surface area (Å²) in [6.07, 6.45) is 1.68. The van der Waals surface area contributed by atoms with Crippen LogP contribution in [-0.2, 0) is 6.54 Å². The number of nitrogens with one attached hydrogen (secondary N) is 2. The minimum absolute atomic E-state index is 0.0797. The third kappa shape index (κ3) is 5.44. The van der Waals surface area contributed by atoms with Crippen LogP contribution < -0.4 is 15.4 Å². The SMILES string of the molecule is C=CCNC(=NC)NCc1cc(Cl)ccc1OC(F)F. The molecule has 1 rings (SSSR count). The number of hydrogen-bond donors (Lipinski definition) is 2. The first-order valence-electron chi connectivity index (χ1n) is 5.85. The number of hydrogen-bond acceptors (Lipinski definition) is 2. The number of nitrogens with zero attached hydrogens (tertiary/aromatic N) is 1. The number of benzene rings is 1. The molecule has 0 aliphatic heterocycles. The highest BCUT2D eigenvalue weighted by atomic mass is 35.5. The zero-order valence-corrected chi connectivity index (χ0v) is 11.8. The Hall–Kier alpha value is -1.82. The maximum atomic E-state index is 12.3. The van der Waals surface area contributed by atoms with Crippen LogP contribution in [0, 0.1) is 0 Å².